The molecule has 1 saturated carbocycles. The lowest BCUT2D eigenvalue weighted by atomic mass is 10.0. The fourth-order valence-corrected chi connectivity index (χ4v) is 8.96. The number of allylic oxidation sites excluding steroid dienone is 2. The Morgan fingerprint density at radius 3 is 2.15 bits per heavy atom. The molecule has 0 unspecified atom stereocenters. The van der Waals surface area contributed by atoms with Crippen LogP contribution in [-0.4, -0.2) is 21.8 Å². The average Bonchev–Trinajstić information content (AvgIpc) is 2.68. The van der Waals surface area contributed by atoms with E-state index in [4.69, 9.17) is 16.0 Å². The van der Waals surface area contributed by atoms with Crippen molar-refractivity contribution in [1.82, 2.24) is 0 Å². The smallest absolute Gasteiger partial charge is 0.250 e. The van der Waals surface area contributed by atoms with E-state index < -0.39 is 16.4 Å². The Morgan fingerprint density at radius 1 is 1.20 bits per heavy atom. The third-order valence-electron chi connectivity index (χ3n) is 5.96. The van der Waals surface area contributed by atoms with Gasteiger partial charge in [0.05, 0.1) is 13.8 Å². The summed E-state index contributed by atoms with van der Waals surface area (Å²) in [5, 5.41) is 0.705. The summed E-state index contributed by atoms with van der Waals surface area (Å²) in [4.78, 5) is 0. The predicted octanol–water partition coefficient (Wildman–Crippen LogP) is 6.00. The van der Waals surface area contributed by atoms with Crippen LogP contribution in [-0.2, 0) is 4.43 Å². The van der Waals surface area contributed by atoms with E-state index >= 15 is 0 Å². The number of rotatable bonds is 3. The Morgan fingerprint density at radius 2 is 1.75 bits per heavy atom. The van der Waals surface area contributed by atoms with Crippen LogP contribution in [0.15, 0.2) is 11.8 Å². The van der Waals surface area contributed by atoms with E-state index in [0.717, 1.165) is 6.42 Å². The van der Waals surface area contributed by atoms with Gasteiger partial charge >= 0.3 is 0 Å². The molecule has 0 aromatic rings. The molecule has 116 valence electrons. The van der Waals surface area contributed by atoms with Gasteiger partial charge in [0.25, 0.3) is 0 Å². The van der Waals surface area contributed by atoms with E-state index in [1.54, 1.807) is 0 Å². The maximum atomic E-state index is 6.82. The summed E-state index contributed by atoms with van der Waals surface area (Å²) in [7, 11) is -3.19. The SMILES string of the molecule is CC(C)(C)[Si](C)(C)OC1=C[C@@H]2C[C@@H](Cl)[C@@]1([Si](C)(C)C)C2. The predicted molar refractivity (Wildman–Crippen MR) is 94.8 cm³/mol. The van der Waals surface area contributed by atoms with Crippen LogP contribution in [0.5, 0.6) is 0 Å². The van der Waals surface area contributed by atoms with E-state index in [0.29, 0.717) is 5.92 Å². The largest absolute Gasteiger partial charge is 0.546 e. The molecule has 0 saturated heterocycles. The van der Waals surface area contributed by atoms with Gasteiger partial charge in [-0.15, -0.1) is 11.6 Å². The van der Waals surface area contributed by atoms with Crippen LogP contribution in [0.25, 0.3) is 0 Å². The van der Waals surface area contributed by atoms with Crippen molar-refractivity contribution in [3.05, 3.63) is 11.8 Å². The normalized spacial score (nSPS) is 34.4. The maximum Gasteiger partial charge on any atom is 0.250 e. The number of hydrogen-bond donors (Lipinski definition) is 0. The minimum atomic E-state index is -1.77. The van der Waals surface area contributed by atoms with Gasteiger partial charge in [0.2, 0.25) is 8.32 Å². The molecule has 2 aliphatic rings. The van der Waals surface area contributed by atoms with Crippen molar-refractivity contribution in [2.75, 3.05) is 0 Å². The summed E-state index contributed by atoms with van der Waals surface area (Å²) >= 11 is 6.82. The third kappa shape index (κ3) is 2.34. The summed E-state index contributed by atoms with van der Waals surface area (Å²) in [6.45, 7) is 19.0. The average molecular weight is 331 g/mol. The lowest BCUT2D eigenvalue weighted by molar-refractivity contribution is 0.331. The molecule has 0 aliphatic heterocycles. The molecule has 0 N–H and O–H groups in total. The maximum absolute atomic E-state index is 6.82. The van der Waals surface area contributed by atoms with Gasteiger partial charge < -0.3 is 4.43 Å². The molecule has 20 heavy (non-hydrogen) atoms. The topological polar surface area (TPSA) is 9.23 Å². The molecule has 1 fully saturated rings. The zero-order valence-corrected chi connectivity index (χ0v) is 17.2. The highest BCUT2D eigenvalue weighted by Crippen LogP contribution is 2.67. The molecule has 3 atom stereocenters. The van der Waals surface area contributed by atoms with Gasteiger partial charge in [0.1, 0.15) is 0 Å². The van der Waals surface area contributed by atoms with Crippen LogP contribution in [0.1, 0.15) is 33.6 Å². The van der Waals surface area contributed by atoms with Crippen LogP contribution in [0.3, 0.4) is 0 Å². The third-order valence-corrected chi connectivity index (χ3v) is 14.5. The Labute approximate surface area is 132 Å². The molecule has 2 aliphatic carbocycles. The van der Waals surface area contributed by atoms with Gasteiger partial charge in [0.15, 0.2) is 0 Å². The minimum absolute atomic E-state index is 0.175. The van der Waals surface area contributed by atoms with E-state index in [-0.39, 0.29) is 15.5 Å². The number of alkyl halides is 1. The first-order chi connectivity index (χ1) is 8.81. The molecule has 2 bridgehead atoms. The summed E-state index contributed by atoms with van der Waals surface area (Å²) < 4.78 is 6.75. The van der Waals surface area contributed by atoms with Crippen LogP contribution >= 0.6 is 11.6 Å². The number of fused-ring (bicyclic) bond motifs is 2. The molecule has 2 rings (SSSR count). The van der Waals surface area contributed by atoms with Crippen molar-refractivity contribution in [3.63, 3.8) is 0 Å². The standard InChI is InChI=1S/C16H31ClOSi2/c1-15(2,3)20(7,8)18-14-10-12-9-13(17)16(14,11-12)19(4,5)6/h10,12-13H,9,11H2,1-8H3/t12-,13+,16-/m0/s1. The van der Waals surface area contributed by atoms with E-state index in [1.807, 2.05) is 0 Å². The van der Waals surface area contributed by atoms with Gasteiger partial charge in [-0.25, -0.2) is 0 Å². The monoisotopic (exact) mass is 330 g/mol. The van der Waals surface area contributed by atoms with Crippen molar-refractivity contribution in [3.8, 4) is 0 Å². The van der Waals surface area contributed by atoms with Gasteiger partial charge in [-0.2, -0.15) is 0 Å². The molecule has 0 aromatic heterocycles. The Kier molecular flexibility index (Phi) is 3.85. The Balaban J connectivity index is 2.36. The molecule has 0 spiro atoms. The molecule has 0 heterocycles. The van der Waals surface area contributed by atoms with Crippen molar-refractivity contribution < 1.29 is 4.43 Å². The minimum Gasteiger partial charge on any atom is -0.546 e. The highest BCUT2D eigenvalue weighted by molar-refractivity contribution is 6.81. The van der Waals surface area contributed by atoms with Gasteiger partial charge in [-0.3, -0.25) is 0 Å². The highest BCUT2D eigenvalue weighted by atomic mass is 35.5. The first-order valence-electron chi connectivity index (χ1n) is 7.87. The number of halogens is 1. The Hall–Kier alpha value is 0.264. The van der Waals surface area contributed by atoms with E-state index in [9.17, 15) is 0 Å². The second kappa shape index (κ2) is 4.63. The van der Waals surface area contributed by atoms with Gasteiger partial charge in [0, 0.05) is 10.4 Å². The van der Waals surface area contributed by atoms with Crippen LogP contribution < -0.4 is 0 Å². The zero-order chi connectivity index (χ0) is 15.6. The van der Waals surface area contributed by atoms with Crippen molar-refractivity contribution in [1.29, 1.82) is 0 Å². The molecule has 0 radical (unpaired) electrons. The second-order valence-electron chi connectivity index (χ2n) is 9.28. The van der Waals surface area contributed by atoms with Gasteiger partial charge in [-0.05, 0) is 43.0 Å². The molecule has 0 amide bonds. The molecule has 0 aromatic carbocycles. The summed E-state index contributed by atoms with van der Waals surface area (Å²) in [5.74, 6) is 1.93. The Bertz CT molecular complexity index is 431. The molecular formula is C16H31ClOSi2. The fraction of sp³-hybridized carbons (Fsp3) is 0.875. The first kappa shape index (κ1) is 16.6. The van der Waals surface area contributed by atoms with Crippen LogP contribution in [0, 0.1) is 5.92 Å². The van der Waals surface area contributed by atoms with Gasteiger partial charge in [-0.1, -0.05) is 40.4 Å². The molecule has 4 heteroatoms. The molecule has 1 nitrogen and oxygen atoms in total. The summed E-state index contributed by atoms with van der Waals surface area (Å²) in [6.07, 6.45) is 4.81. The lowest BCUT2D eigenvalue weighted by Gasteiger charge is -2.47. The number of hydrogen-bond acceptors (Lipinski definition) is 1. The lowest BCUT2D eigenvalue weighted by Crippen LogP contribution is -2.48. The summed E-state index contributed by atoms with van der Waals surface area (Å²) in [6, 6.07) is 0. The fourth-order valence-electron chi connectivity index (χ4n) is 3.54. The first-order valence-corrected chi connectivity index (χ1v) is 14.7. The molecular weight excluding hydrogens is 300 g/mol. The van der Waals surface area contributed by atoms with E-state index in [1.165, 1.54) is 12.2 Å². The van der Waals surface area contributed by atoms with Crippen LogP contribution in [0.4, 0.5) is 0 Å². The summed E-state index contributed by atoms with van der Waals surface area (Å²) in [5.41, 5.74) is 0. The van der Waals surface area contributed by atoms with Crippen molar-refractivity contribution in [2.24, 2.45) is 5.92 Å². The van der Waals surface area contributed by atoms with E-state index in [2.05, 4.69) is 59.6 Å². The van der Waals surface area contributed by atoms with Crippen molar-refractivity contribution >= 4 is 28.0 Å². The second-order valence-corrected chi connectivity index (χ2v) is 19.9. The van der Waals surface area contributed by atoms with Crippen LogP contribution in [0.2, 0.25) is 42.8 Å². The zero-order valence-electron chi connectivity index (χ0n) is 14.4. The highest BCUT2D eigenvalue weighted by Gasteiger charge is 2.61. The quantitative estimate of drug-likeness (QED) is 0.455. The van der Waals surface area contributed by atoms with Crippen molar-refractivity contribution in [2.45, 2.75) is 81.8 Å².